The topological polar surface area (TPSA) is 99.4 Å². The highest BCUT2D eigenvalue weighted by atomic mass is 16.3. The first-order valence-electron chi connectivity index (χ1n) is 12.0. The number of phenolic OH excluding ortho intramolecular Hbond substituents is 1. The molecule has 170 valence electrons. The lowest BCUT2D eigenvalue weighted by Gasteiger charge is -2.53. The van der Waals surface area contributed by atoms with E-state index in [9.17, 15) is 14.7 Å². The molecule has 1 aliphatic heterocycles. The molecule has 2 aliphatic carbocycles. The molecule has 1 saturated heterocycles. The molecule has 3 atom stereocenters. The van der Waals surface area contributed by atoms with Crippen LogP contribution in [0.5, 0.6) is 5.75 Å². The van der Waals surface area contributed by atoms with Gasteiger partial charge in [0.15, 0.2) is 0 Å². The van der Waals surface area contributed by atoms with Crippen molar-refractivity contribution >= 4 is 5.91 Å². The van der Waals surface area contributed by atoms with Gasteiger partial charge < -0.3 is 15.8 Å². The zero-order chi connectivity index (χ0) is 22.4. The molecule has 5 rings (SSSR count). The van der Waals surface area contributed by atoms with Gasteiger partial charge in [0.05, 0.1) is 0 Å². The minimum absolute atomic E-state index is 0.0729. The van der Waals surface area contributed by atoms with Gasteiger partial charge >= 0.3 is 0 Å². The summed E-state index contributed by atoms with van der Waals surface area (Å²) in [5.41, 5.74) is 9.65. The first-order chi connectivity index (χ1) is 15.4. The van der Waals surface area contributed by atoms with Crippen LogP contribution in [0.4, 0.5) is 0 Å². The number of amides is 1. The number of carbonyl (C=O) groups excluding carboxylic acids is 1. The second-order valence-corrected chi connectivity index (χ2v) is 10.2. The van der Waals surface area contributed by atoms with Crippen LogP contribution in [0.1, 0.15) is 58.4 Å². The molecule has 2 aromatic rings. The van der Waals surface area contributed by atoms with Crippen LogP contribution in [0.2, 0.25) is 0 Å². The van der Waals surface area contributed by atoms with E-state index in [1.807, 2.05) is 12.1 Å². The summed E-state index contributed by atoms with van der Waals surface area (Å²) in [6.07, 6.45) is 7.62. The highest BCUT2D eigenvalue weighted by Crippen LogP contribution is 2.42. The van der Waals surface area contributed by atoms with Crippen LogP contribution in [0, 0.1) is 24.7 Å². The summed E-state index contributed by atoms with van der Waals surface area (Å²) in [6, 6.07) is 7.94. The van der Waals surface area contributed by atoms with Gasteiger partial charge in [-0.2, -0.15) is 0 Å². The highest BCUT2D eigenvalue weighted by Gasteiger charge is 2.45. The number of nitrogens with two attached hydrogens (primary N) is 1. The molecule has 1 aromatic carbocycles. The molecular formula is C26H33N3O3. The third-order valence-corrected chi connectivity index (χ3v) is 7.89. The Hall–Kier alpha value is -2.60. The Balaban J connectivity index is 1.33. The third kappa shape index (κ3) is 4.20. The second-order valence-electron chi connectivity index (χ2n) is 10.2. The Bertz CT molecular complexity index is 1090. The minimum Gasteiger partial charge on any atom is -0.508 e. The van der Waals surface area contributed by atoms with Gasteiger partial charge in [0.1, 0.15) is 11.3 Å². The van der Waals surface area contributed by atoms with Crippen LogP contribution in [0.3, 0.4) is 0 Å². The molecule has 2 fully saturated rings. The number of nitrogens with zero attached hydrogens (tertiary/aromatic N) is 1. The largest absolute Gasteiger partial charge is 0.508 e. The van der Waals surface area contributed by atoms with Gasteiger partial charge in [0.25, 0.3) is 11.5 Å². The van der Waals surface area contributed by atoms with Gasteiger partial charge in [-0.15, -0.1) is 0 Å². The van der Waals surface area contributed by atoms with Crippen LogP contribution >= 0.6 is 0 Å². The third-order valence-electron chi connectivity index (χ3n) is 7.89. The Morgan fingerprint density at radius 2 is 2.06 bits per heavy atom. The van der Waals surface area contributed by atoms with Gasteiger partial charge in [-0.1, -0.05) is 6.07 Å². The number of hydrogen-bond donors (Lipinski definition) is 3. The Morgan fingerprint density at radius 3 is 2.81 bits per heavy atom. The zero-order valence-electron chi connectivity index (χ0n) is 18.8. The Kier molecular flexibility index (Phi) is 5.58. The summed E-state index contributed by atoms with van der Waals surface area (Å²) in [5.74, 6) is 1.71. The van der Waals surface area contributed by atoms with Crippen molar-refractivity contribution in [2.75, 3.05) is 13.1 Å². The number of aromatic amines is 1. The van der Waals surface area contributed by atoms with Crippen LogP contribution in [-0.4, -0.2) is 40.0 Å². The molecule has 2 heterocycles. The average Bonchev–Trinajstić information content (AvgIpc) is 3.56. The maximum Gasteiger partial charge on any atom is 0.261 e. The summed E-state index contributed by atoms with van der Waals surface area (Å²) in [5, 5.41) is 9.89. The highest BCUT2D eigenvalue weighted by molar-refractivity contribution is 5.92. The van der Waals surface area contributed by atoms with Crippen molar-refractivity contribution in [3.63, 3.8) is 0 Å². The molecule has 4 N–H and O–H groups in total. The molecule has 0 radical (unpaired) electrons. The fourth-order valence-electron chi connectivity index (χ4n) is 5.94. The van der Waals surface area contributed by atoms with Gasteiger partial charge in [-0.25, -0.2) is 0 Å². The van der Waals surface area contributed by atoms with Crippen LogP contribution < -0.4 is 11.3 Å². The number of aromatic hydroxyl groups is 1. The molecule has 6 heteroatoms. The van der Waals surface area contributed by atoms with E-state index in [2.05, 4.69) is 16.8 Å². The predicted octanol–water partition coefficient (Wildman–Crippen LogP) is 2.94. The fourth-order valence-corrected chi connectivity index (χ4v) is 5.94. The van der Waals surface area contributed by atoms with Crippen LogP contribution in [-0.2, 0) is 19.3 Å². The number of carbonyl (C=O) groups is 1. The average molecular weight is 436 g/mol. The normalized spacial score (nSPS) is 25.2. The van der Waals surface area contributed by atoms with E-state index in [-0.39, 0.29) is 11.1 Å². The standard InChI is InChI=1S/C26H33N3O3/c1-15-2-8-21(30)11-17(15)5-6-19-14-29(13-16-3-4-16)24(19)18-7-9-23-20(10-18)12-22(25(27)31)26(32)28-23/h2,8,11-12,16,18-19,24,30H,3-7,9-10,13-14H2,1H3,(H2,27,31)(H,28,32). The monoisotopic (exact) mass is 435 g/mol. The number of likely N-dealkylation sites (tertiary alicyclic amines) is 1. The molecule has 1 aromatic heterocycles. The summed E-state index contributed by atoms with van der Waals surface area (Å²) in [7, 11) is 0. The minimum atomic E-state index is -0.658. The molecule has 1 amide bonds. The van der Waals surface area contributed by atoms with Crippen molar-refractivity contribution < 1.29 is 9.90 Å². The fraction of sp³-hybridized carbons (Fsp3) is 0.538. The number of nitrogens with one attached hydrogen (secondary N) is 1. The molecule has 0 bridgehead atoms. The van der Waals surface area contributed by atoms with Gasteiger partial charge in [-0.3, -0.25) is 14.5 Å². The second kappa shape index (κ2) is 8.39. The number of aromatic nitrogens is 1. The SMILES string of the molecule is Cc1ccc(O)cc1CCC1CN(CC2CC2)C1C1CCc2[nH]c(=O)c(C(N)=O)cc2C1. The summed E-state index contributed by atoms with van der Waals surface area (Å²) in [6.45, 7) is 4.47. The maximum absolute atomic E-state index is 12.1. The lowest BCUT2D eigenvalue weighted by atomic mass is 9.70. The lowest BCUT2D eigenvalue weighted by Crippen LogP contribution is -2.61. The lowest BCUT2D eigenvalue weighted by molar-refractivity contribution is -0.0344. The number of benzene rings is 1. The molecule has 3 unspecified atom stereocenters. The number of primary amides is 1. The van der Waals surface area contributed by atoms with E-state index >= 15 is 0 Å². The van der Waals surface area contributed by atoms with Crippen LogP contribution in [0.15, 0.2) is 29.1 Å². The van der Waals surface area contributed by atoms with E-state index in [1.165, 1.54) is 30.5 Å². The summed E-state index contributed by atoms with van der Waals surface area (Å²) >= 11 is 0. The number of hydrogen-bond acceptors (Lipinski definition) is 4. The number of aryl methyl sites for hydroxylation is 3. The van der Waals surface area contributed by atoms with Crippen molar-refractivity contribution in [1.29, 1.82) is 0 Å². The predicted molar refractivity (Wildman–Crippen MR) is 124 cm³/mol. The van der Waals surface area contributed by atoms with Gasteiger partial charge in [0, 0.05) is 24.8 Å². The summed E-state index contributed by atoms with van der Waals surface area (Å²) < 4.78 is 0. The Labute approximate surface area is 188 Å². The smallest absolute Gasteiger partial charge is 0.261 e. The van der Waals surface area contributed by atoms with E-state index < -0.39 is 5.91 Å². The van der Waals surface area contributed by atoms with Gasteiger partial charge in [-0.05, 0) is 105 Å². The maximum atomic E-state index is 12.1. The van der Waals surface area contributed by atoms with Crippen molar-refractivity contribution in [2.24, 2.45) is 23.5 Å². The first-order valence-corrected chi connectivity index (χ1v) is 12.0. The Morgan fingerprint density at radius 1 is 1.25 bits per heavy atom. The first kappa shape index (κ1) is 21.3. The number of phenols is 1. The van der Waals surface area contributed by atoms with Crippen molar-refractivity contribution in [3.8, 4) is 5.75 Å². The number of H-pyrrole nitrogens is 1. The molecule has 3 aliphatic rings. The number of fused-ring (bicyclic) bond motifs is 1. The molecular weight excluding hydrogens is 402 g/mol. The van der Waals surface area contributed by atoms with Crippen molar-refractivity contribution in [1.82, 2.24) is 9.88 Å². The number of pyridine rings is 1. The number of rotatable bonds is 7. The van der Waals surface area contributed by atoms with Crippen LogP contribution in [0.25, 0.3) is 0 Å². The van der Waals surface area contributed by atoms with E-state index in [0.717, 1.165) is 55.8 Å². The van der Waals surface area contributed by atoms with Crippen molar-refractivity contribution in [2.45, 2.75) is 57.9 Å². The van der Waals surface area contributed by atoms with E-state index in [1.54, 1.807) is 12.1 Å². The zero-order valence-corrected chi connectivity index (χ0v) is 18.8. The van der Waals surface area contributed by atoms with Crippen molar-refractivity contribution in [3.05, 3.63) is 62.6 Å². The van der Waals surface area contributed by atoms with Gasteiger partial charge in [0.2, 0.25) is 0 Å². The summed E-state index contributed by atoms with van der Waals surface area (Å²) in [4.78, 5) is 29.4. The van der Waals surface area contributed by atoms with E-state index in [4.69, 9.17) is 5.73 Å². The van der Waals surface area contributed by atoms with E-state index in [0.29, 0.717) is 23.6 Å². The molecule has 6 nitrogen and oxygen atoms in total. The molecule has 1 saturated carbocycles. The molecule has 32 heavy (non-hydrogen) atoms. The molecule has 0 spiro atoms. The quantitative estimate of drug-likeness (QED) is 0.623.